The molecule has 0 aliphatic carbocycles. The molecule has 0 radical (unpaired) electrons. The summed E-state index contributed by atoms with van der Waals surface area (Å²) >= 11 is 0. The van der Waals surface area contributed by atoms with Crippen molar-refractivity contribution in [3.8, 4) is 0 Å². The van der Waals surface area contributed by atoms with Crippen LogP contribution in [0, 0.1) is 13.8 Å². The Morgan fingerprint density at radius 2 is 1.19 bits per heavy atom. The van der Waals surface area contributed by atoms with E-state index in [9.17, 15) is 13.0 Å². The molecule has 3 nitrogen and oxygen atoms in total. The number of aryl methyl sites for hydroxylation is 2. The first-order chi connectivity index (χ1) is 11.8. The molecule has 0 saturated carbocycles. The first-order valence-corrected chi connectivity index (χ1v) is 10.6. The molecule has 0 fully saturated rings. The summed E-state index contributed by atoms with van der Waals surface area (Å²) in [6.45, 7) is 4.13. The van der Waals surface area contributed by atoms with Gasteiger partial charge in [0.05, 0.1) is 4.90 Å². The van der Waals surface area contributed by atoms with E-state index in [2.05, 4.69) is 50.2 Å². The van der Waals surface area contributed by atoms with E-state index in [1.807, 2.05) is 12.1 Å². The van der Waals surface area contributed by atoms with Gasteiger partial charge in [0.2, 0.25) is 0 Å². The van der Waals surface area contributed by atoms with E-state index in [-0.39, 0.29) is 23.8 Å². The van der Waals surface area contributed by atoms with Gasteiger partial charge in [0.1, 0.15) is 0 Å². The van der Waals surface area contributed by atoms with Gasteiger partial charge in [0.25, 0.3) is 10.1 Å². The van der Waals surface area contributed by atoms with Crippen LogP contribution in [0.4, 0.5) is 0 Å². The number of benzene rings is 3. The monoisotopic (exact) mass is 378 g/mol. The molecule has 0 amide bonds. The standard InChI is InChI=1S/C20H19O3PS.Li.H/c1-15-5-3-7-18(13-15)24(19-8-4-6-16(2)14-19)17-9-11-20(12-10-17)25(21,22)23;;/h3-14H,1-2H3,(H,21,22,23);;. The van der Waals surface area contributed by atoms with Gasteiger partial charge in [-0.25, -0.2) is 0 Å². The van der Waals surface area contributed by atoms with E-state index in [0.29, 0.717) is 0 Å². The third kappa shape index (κ3) is 4.85. The van der Waals surface area contributed by atoms with E-state index in [4.69, 9.17) is 0 Å². The molecule has 0 aromatic heterocycles. The van der Waals surface area contributed by atoms with Crippen molar-refractivity contribution in [2.45, 2.75) is 18.7 Å². The molecule has 3 aromatic carbocycles. The molecule has 0 spiro atoms. The number of hydrogen-bond acceptors (Lipinski definition) is 2. The van der Waals surface area contributed by atoms with Crippen LogP contribution in [-0.4, -0.2) is 31.8 Å². The van der Waals surface area contributed by atoms with Gasteiger partial charge >= 0.3 is 18.9 Å². The molecule has 0 atom stereocenters. The molecule has 1 N–H and O–H groups in total. The van der Waals surface area contributed by atoms with E-state index in [1.54, 1.807) is 12.1 Å². The van der Waals surface area contributed by atoms with Gasteiger partial charge in [0, 0.05) is 0 Å². The average Bonchev–Trinajstić information content (AvgIpc) is 2.55. The van der Waals surface area contributed by atoms with E-state index in [0.717, 1.165) is 5.30 Å². The second-order valence-electron chi connectivity index (χ2n) is 5.98. The van der Waals surface area contributed by atoms with Crippen molar-refractivity contribution in [1.82, 2.24) is 0 Å². The Hall–Kier alpha value is -1.40. The van der Waals surface area contributed by atoms with Gasteiger partial charge in [-0.1, -0.05) is 71.8 Å². The zero-order valence-electron chi connectivity index (χ0n) is 14.0. The van der Waals surface area contributed by atoms with Gasteiger partial charge in [-0.2, -0.15) is 8.42 Å². The van der Waals surface area contributed by atoms with Crippen molar-refractivity contribution < 1.29 is 13.0 Å². The van der Waals surface area contributed by atoms with E-state index in [1.165, 1.54) is 33.9 Å². The third-order valence-corrected chi connectivity index (χ3v) is 7.18. The maximum atomic E-state index is 11.3. The summed E-state index contributed by atoms with van der Waals surface area (Å²) in [5.41, 5.74) is 2.37. The van der Waals surface area contributed by atoms with Crippen LogP contribution in [-0.2, 0) is 10.1 Å². The van der Waals surface area contributed by atoms with Crippen molar-refractivity contribution >= 4 is 52.8 Å². The van der Waals surface area contributed by atoms with Crippen molar-refractivity contribution in [3.63, 3.8) is 0 Å². The molecule has 6 heteroatoms. The van der Waals surface area contributed by atoms with Crippen LogP contribution in [0.3, 0.4) is 0 Å². The topological polar surface area (TPSA) is 54.4 Å². The predicted octanol–water partition coefficient (Wildman–Crippen LogP) is 2.66. The minimum atomic E-state index is -4.18. The fourth-order valence-corrected chi connectivity index (χ4v) is 5.71. The quantitative estimate of drug-likeness (QED) is 0.432. The zero-order valence-corrected chi connectivity index (χ0v) is 15.8. The van der Waals surface area contributed by atoms with Crippen LogP contribution < -0.4 is 15.9 Å². The second-order valence-corrected chi connectivity index (χ2v) is 9.62. The molecular weight excluding hydrogens is 358 g/mol. The van der Waals surface area contributed by atoms with Crippen molar-refractivity contribution in [3.05, 3.63) is 83.9 Å². The summed E-state index contributed by atoms with van der Waals surface area (Å²) in [4.78, 5) is -0.0836. The van der Waals surface area contributed by atoms with E-state index < -0.39 is 18.0 Å². The van der Waals surface area contributed by atoms with Gasteiger partial charge in [-0.3, -0.25) is 4.55 Å². The molecule has 0 heterocycles. The summed E-state index contributed by atoms with van der Waals surface area (Å²) in [5, 5.41) is 3.46. The average molecular weight is 378 g/mol. The van der Waals surface area contributed by atoms with Crippen molar-refractivity contribution in [1.29, 1.82) is 0 Å². The molecule has 0 aliphatic rings. The van der Waals surface area contributed by atoms with Gasteiger partial charge in [-0.05, 0) is 49.8 Å². The normalized spacial score (nSPS) is 11.2. The van der Waals surface area contributed by atoms with Crippen LogP contribution in [0.25, 0.3) is 0 Å². The maximum absolute atomic E-state index is 11.3. The fourth-order valence-electron chi connectivity index (χ4n) is 2.75. The Labute approximate surface area is 168 Å². The Balaban J connectivity index is 0.00000243. The second kappa shape index (κ2) is 8.52. The molecule has 0 aliphatic heterocycles. The molecule has 26 heavy (non-hydrogen) atoms. The van der Waals surface area contributed by atoms with Crippen LogP contribution in [0.1, 0.15) is 11.1 Å². The Bertz CT molecular complexity index is 956. The first kappa shape index (κ1) is 20.9. The molecule has 0 bridgehead atoms. The SMILES string of the molecule is Cc1cccc(P(c2ccc(S(=O)(=O)O)cc2)c2cccc(C)c2)c1.[LiH]. The van der Waals surface area contributed by atoms with Gasteiger partial charge in [-0.15, -0.1) is 0 Å². The summed E-state index contributed by atoms with van der Waals surface area (Å²) in [7, 11) is -4.98. The molecule has 0 unspecified atom stereocenters. The number of rotatable bonds is 4. The van der Waals surface area contributed by atoms with Crippen molar-refractivity contribution in [2.24, 2.45) is 0 Å². The molecule has 0 saturated heterocycles. The van der Waals surface area contributed by atoms with Crippen molar-refractivity contribution in [2.75, 3.05) is 0 Å². The van der Waals surface area contributed by atoms with E-state index >= 15 is 0 Å². The molecular formula is C20H20LiO3PS. The molecule has 3 aromatic rings. The van der Waals surface area contributed by atoms with Crippen LogP contribution >= 0.6 is 7.92 Å². The molecule has 130 valence electrons. The van der Waals surface area contributed by atoms with Gasteiger partial charge in [0.15, 0.2) is 0 Å². The number of hydrogen-bond donors (Lipinski definition) is 1. The minimum absolute atomic E-state index is 0. The summed E-state index contributed by atoms with van der Waals surface area (Å²) in [6, 6.07) is 23.3. The van der Waals surface area contributed by atoms with Crippen LogP contribution in [0.15, 0.2) is 77.7 Å². The Kier molecular flexibility index (Phi) is 6.85. The summed E-state index contributed by atoms with van der Waals surface area (Å²) in [5.74, 6) is 0. The van der Waals surface area contributed by atoms with Crippen LogP contribution in [0.2, 0.25) is 0 Å². The Morgan fingerprint density at radius 3 is 1.58 bits per heavy atom. The first-order valence-electron chi connectivity index (χ1n) is 7.85. The molecule has 3 rings (SSSR count). The Morgan fingerprint density at radius 1 is 0.731 bits per heavy atom. The summed E-state index contributed by atoms with van der Waals surface area (Å²) in [6.07, 6.45) is 0. The fraction of sp³-hybridized carbons (Fsp3) is 0.100. The third-order valence-electron chi connectivity index (χ3n) is 3.91. The predicted molar refractivity (Wildman–Crippen MR) is 112 cm³/mol. The van der Waals surface area contributed by atoms with Gasteiger partial charge < -0.3 is 0 Å². The zero-order chi connectivity index (χ0) is 18.0. The summed E-state index contributed by atoms with van der Waals surface area (Å²) < 4.78 is 31.8. The van der Waals surface area contributed by atoms with Crippen LogP contribution in [0.5, 0.6) is 0 Å².